The molecule has 0 aliphatic carbocycles. The number of hydrogen-bond acceptors (Lipinski definition) is 3. The number of hydrogen-bond donors (Lipinski definition) is 2. The Morgan fingerprint density at radius 1 is 1.47 bits per heavy atom. The van der Waals surface area contributed by atoms with E-state index in [2.05, 4.69) is 17.1 Å². The average molecular weight is 311 g/mol. The van der Waals surface area contributed by atoms with Gasteiger partial charge in [0.05, 0.1) is 5.56 Å². The normalized spacial score (nSPS) is 18.2. The smallest absolute Gasteiger partial charge is 0.338 e. The van der Waals surface area contributed by atoms with E-state index in [1.165, 1.54) is 12.1 Å². The second kappa shape index (κ2) is 7.53. The zero-order chi connectivity index (χ0) is 12.4. The number of nitrogens with one attached hydrogen (secondary N) is 1. The molecule has 1 aliphatic heterocycles. The molecule has 2 rings (SSSR count). The summed E-state index contributed by atoms with van der Waals surface area (Å²) in [6.07, 6.45) is 0. The highest BCUT2D eigenvalue weighted by Gasteiger charge is 2.20. The van der Waals surface area contributed by atoms with Gasteiger partial charge in [0, 0.05) is 31.4 Å². The molecular weight excluding hydrogens is 294 g/mol. The minimum Gasteiger partial charge on any atom is -0.478 e. The van der Waals surface area contributed by atoms with Crippen LogP contribution in [-0.4, -0.2) is 36.8 Å². The third kappa shape index (κ3) is 3.96. The lowest BCUT2D eigenvalue weighted by Gasteiger charge is -2.36. The molecule has 19 heavy (non-hydrogen) atoms. The zero-order valence-corrected chi connectivity index (χ0v) is 12.1. The fourth-order valence-electron chi connectivity index (χ4n) is 2.08. The van der Waals surface area contributed by atoms with Crippen LogP contribution in [0.4, 0.5) is 10.1 Å². The lowest BCUT2D eigenvalue weighted by Crippen LogP contribution is -2.50. The second-order valence-electron chi connectivity index (χ2n) is 4.22. The van der Waals surface area contributed by atoms with Crippen molar-refractivity contribution < 1.29 is 14.3 Å². The summed E-state index contributed by atoms with van der Waals surface area (Å²) in [6, 6.07) is 4.52. The summed E-state index contributed by atoms with van der Waals surface area (Å²) in [5.41, 5.74) is 0.492. The Hall–Kier alpha value is -1.04. The first-order chi connectivity index (χ1) is 8.09. The van der Waals surface area contributed by atoms with Crippen LogP contribution in [-0.2, 0) is 0 Å². The first-order valence-electron chi connectivity index (χ1n) is 5.60. The van der Waals surface area contributed by atoms with Crippen molar-refractivity contribution in [1.82, 2.24) is 5.32 Å². The van der Waals surface area contributed by atoms with Crippen LogP contribution in [0.3, 0.4) is 0 Å². The summed E-state index contributed by atoms with van der Waals surface area (Å²) in [6.45, 7) is 4.55. The predicted octanol–water partition coefficient (Wildman–Crippen LogP) is 2.17. The fourth-order valence-corrected chi connectivity index (χ4v) is 2.08. The molecule has 0 amide bonds. The van der Waals surface area contributed by atoms with Crippen LogP contribution in [0.15, 0.2) is 18.2 Å². The number of aromatic carboxylic acids is 1. The van der Waals surface area contributed by atoms with Crippen LogP contribution in [0.2, 0.25) is 0 Å². The third-order valence-electron chi connectivity index (χ3n) is 3.01. The van der Waals surface area contributed by atoms with Gasteiger partial charge < -0.3 is 15.3 Å². The van der Waals surface area contributed by atoms with Gasteiger partial charge in [-0.15, -0.1) is 24.8 Å². The van der Waals surface area contributed by atoms with E-state index in [1.807, 2.05) is 0 Å². The molecule has 0 aromatic heterocycles. The molecule has 0 bridgehead atoms. The number of rotatable bonds is 2. The summed E-state index contributed by atoms with van der Waals surface area (Å²) in [5.74, 6) is -1.92. The van der Waals surface area contributed by atoms with Crippen molar-refractivity contribution in [3.8, 4) is 0 Å². The Kier molecular flexibility index (Phi) is 7.11. The summed E-state index contributed by atoms with van der Waals surface area (Å²) >= 11 is 0. The summed E-state index contributed by atoms with van der Waals surface area (Å²) in [5, 5.41) is 12.1. The van der Waals surface area contributed by atoms with E-state index in [1.54, 1.807) is 6.07 Å². The maximum Gasteiger partial charge on any atom is 0.338 e. The maximum atomic E-state index is 13.3. The van der Waals surface area contributed by atoms with Crippen LogP contribution in [0.25, 0.3) is 0 Å². The Balaban J connectivity index is 0.00000162. The van der Waals surface area contributed by atoms with Gasteiger partial charge in [0.25, 0.3) is 0 Å². The van der Waals surface area contributed by atoms with Crippen molar-refractivity contribution in [1.29, 1.82) is 0 Å². The van der Waals surface area contributed by atoms with Crippen molar-refractivity contribution in [3.63, 3.8) is 0 Å². The number of halogens is 3. The van der Waals surface area contributed by atoms with Gasteiger partial charge in [0.2, 0.25) is 0 Å². The standard InChI is InChI=1S/C12H15FN2O2.2ClH/c1-8-7-14-4-5-15(8)9-2-3-11(13)10(6-9)12(16)17;;/h2-3,6,8,14H,4-5,7H2,1H3,(H,16,17);2*1H. The fraction of sp³-hybridized carbons (Fsp3) is 0.417. The number of anilines is 1. The molecule has 2 N–H and O–H groups in total. The molecule has 1 fully saturated rings. The molecule has 1 saturated heterocycles. The quantitative estimate of drug-likeness (QED) is 0.879. The lowest BCUT2D eigenvalue weighted by atomic mass is 10.1. The predicted molar refractivity (Wildman–Crippen MR) is 77.5 cm³/mol. The van der Waals surface area contributed by atoms with Gasteiger partial charge in [-0.1, -0.05) is 0 Å². The Labute approximate surface area is 123 Å². The third-order valence-corrected chi connectivity index (χ3v) is 3.01. The van der Waals surface area contributed by atoms with E-state index in [-0.39, 0.29) is 36.4 Å². The van der Waals surface area contributed by atoms with Gasteiger partial charge in [-0.3, -0.25) is 0 Å². The highest BCUT2D eigenvalue weighted by atomic mass is 35.5. The Bertz CT molecular complexity index is 446. The molecule has 1 aromatic carbocycles. The summed E-state index contributed by atoms with van der Waals surface area (Å²) < 4.78 is 13.3. The Morgan fingerprint density at radius 3 is 2.74 bits per heavy atom. The molecule has 1 unspecified atom stereocenters. The molecule has 0 spiro atoms. The van der Waals surface area contributed by atoms with E-state index < -0.39 is 11.8 Å². The van der Waals surface area contributed by atoms with Crippen LogP contribution < -0.4 is 10.2 Å². The molecule has 108 valence electrons. The minimum absolute atomic E-state index is 0. The number of piperazine rings is 1. The van der Waals surface area contributed by atoms with Gasteiger partial charge in [0.15, 0.2) is 0 Å². The maximum absolute atomic E-state index is 13.3. The van der Waals surface area contributed by atoms with Crippen molar-refractivity contribution in [2.45, 2.75) is 13.0 Å². The van der Waals surface area contributed by atoms with Gasteiger partial charge in [0.1, 0.15) is 5.82 Å². The number of nitrogens with zero attached hydrogens (tertiary/aromatic N) is 1. The topological polar surface area (TPSA) is 52.6 Å². The van der Waals surface area contributed by atoms with Crippen molar-refractivity contribution in [3.05, 3.63) is 29.6 Å². The molecule has 0 radical (unpaired) electrons. The molecule has 1 atom stereocenters. The lowest BCUT2D eigenvalue weighted by molar-refractivity contribution is 0.0692. The molecule has 4 nitrogen and oxygen atoms in total. The van der Waals surface area contributed by atoms with Crippen LogP contribution in [0.1, 0.15) is 17.3 Å². The molecule has 0 saturated carbocycles. The van der Waals surface area contributed by atoms with E-state index >= 15 is 0 Å². The minimum atomic E-state index is -1.23. The monoisotopic (exact) mass is 310 g/mol. The van der Waals surface area contributed by atoms with E-state index in [0.29, 0.717) is 0 Å². The average Bonchev–Trinajstić information content (AvgIpc) is 2.30. The molecule has 7 heteroatoms. The van der Waals surface area contributed by atoms with Gasteiger partial charge in [-0.2, -0.15) is 0 Å². The van der Waals surface area contributed by atoms with Crippen molar-refractivity contribution >= 4 is 36.5 Å². The van der Waals surface area contributed by atoms with Gasteiger partial charge in [-0.25, -0.2) is 9.18 Å². The SMILES string of the molecule is CC1CNCCN1c1ccc(F)c(C(=O)O)c1.Cl.Cl. The number of carbonyl (C=O) groups is 1. The molecule has 1 aliphatic rings. The zero-order valence-electron chi connectivity index (χ0n) is 10.4. The molecule has 1 heterocycles. The van der Waals surface area contributed by atoms with E-state index in [4.69, 9.17) is 5.11 Å². The van der Waals surface area contributed by atoms with Gasteiger partial charge >= 0.3 is 5.97 Å². The molecular formula is C12H17Cl2FN2O2. The van der Waals surface area contributed by atoms with Crippen LogP contribution >= 0.6 is 24.8 Å². The number of carboxylic acids is 1. The molecule has 1 aromatic rings. The highest BCUT2D eigenvalue weighted by molar-refractivity contribution is 5.89. The summed E-state index contributed by atoms with van der Waals surface area (Å²) in [7, 11) is 0. The first kappa shape index (κ1) is 18.0. The summed E-state index contributed by atoms with van der Waals surface area (Å²) in [4.78, 5) is 13.0. The Morgan fingerprint density at radius 2 is 2.16 bits per heavy atom. The first-order valence-corrected chi connectivity index (χ1v) is 5.60. The largest absolute Gasteiger partial charge is 0.478 e. The van der Waals surface area contributed by atoms with Crippen LogP contribution in [0.5, 0.6) is 0 Å². The highest BCUT2D eigenvalue weighted by Crippen LogP contribution is 2.21. The number of benzene rings is 1. The second-order valence-corrected chi connectivity index (χ2v) is 4.22. The van der Waals surface area contributed by atoms with Crippen molar-refractivity contribution in [2.24, 2.45) is 0 Å². The number of carboxylic acid groups (broad SMARTS) is 1. The van der Waals surface area contributed by atoms with E-state index in [0.717, 1.165) is 25.3 Å². The van der Waals surface area contributed by atoms with Gasteiger partial charge in [-0.05, 0) is 25.1 Å². The van der Waals surface area contributed by atoms with Crippen molar-refractivity contribution in [2.75, 3.05) is 24.5 Å². The van der Waals surface area contributed by atoms with Crippen LogP contribution in [0, 0.1) is 5.82 Å². The van der Waals surface area contributed by atoms with E-state index in [9.17, 15) is 9.18 Å².